The van der Waals surface area contributed by atoms with Gasteiger partial charge in [-0.2, -0.15) is 0 Å². The van der Waals surface area contributed by atoms with E-state index in [1.807, 2.05) is 18.5 Å². The van der Waals surface area contributed by atoms with Crippen molar-refractivity contribution in [2.75, 3.05) is 0 Å². The van der Waals surface area contributed by atoms with Crippen molar-refractivity contribution in [1.29, 1.82) is 0 Å². The van der Waals surface area contributed by atoms with E-state index in [1.54, 1.807) is 0 Å². The average molecular weight is 230 g/mol. The van der Waals surface area contributed by atoms with Gasteiger partial charge in [-0.15, -0.1) is 0 Å². The van der Waals surface area contributed by atoms with Crippen molar-refractivity contribution in [1.82, 2.24) is 4.98 Å². The molecule has 1 aromatic rings. The summed E-state index contributed by atoms with van der Waals surface area (Å²) in [6.07, 6.45) is 13.7. The predicted molar refractivity (Wildman–Crippen MR) is 71.7 cm³/mol. The lowest BCUT2D eigenvalue weighted by Crippen LogP contribution is -2.15. The standard InChI is InChI=1S/C15H22N2/c1-12-9-10-17-11-14(12)15(16)13-7-5-3-2-4-6-8-13/h7,9-11,15H,2-6,8,16H2,1H3/b13-7+. The van der Waals surface area contributed by atoms with E-state index in [2.05, 4.69) is 18.0 Å². The third kappa shape index (κ3) is 3.16. The number of rotatable bonds is 2. The molecule has 0 saturated heterocycles. The normalized spacial score (nSPS) is 22.1. The first-order valence-corrected chi connectivity index (χ1v) is 6.64. The highest BCUT2D eigenvalue weighted by molar-refractivity contribution is 5.31. The molecule has 92 valence electrons. The molecule has 2 heteroatoms. The van der Waals surface area contributed by atoms with Gasteiger partial charge >= 0.3 is 0 Å². The van der Waals surface area contributed by atoms with Crippen LogP contribution in [0.4, 0.5) is 0 Å². The topological polar surface area (TPSA) is 38.9 Å². The van der Waals surface area contributed by atoms with Gasteiger partial charge in [0.25, 0.3) is 0 Å². The zero-order chi connectivity index (χ0) is 12.1. The molecule has 0 fully saturated rings. The Hall–Kier alpha value is -1.15. The Labute approximate surface area is 104 Å². The number of aromatic nitrogens is 1. The molecule has 17 heavy (non-hydrogen) atoms. The zero-order valence-electron chi connectivity index (χ0n) is 10.7. The molecule has 1 aliphatic carbocycles. The van der Waals surface area contributed by atoms with Crippen LogP contribution >= 0.6 is 0 Å². The maximum absolute atomic E-state index is 6.38. The Bertz CT molecular complexity index is 396. The van der Waals surface area contributed by atoms with Crippen molar-refractivity contribution in [3.63, 3.8) is 0 Å². The maximum atomic E-state index is 6.38. The van der Waals surface area contributed by atoms with E-state index < -0.39 is 0 Å². The van der Waals surface area contributed by atoms with Gasteiger partial charge in [-0.25, -0.2) is 0 Å². The van der Waals surface area contributed by atoms with Gasteiger partial charge in [0.2, 0.25) is 0 Å². The lowest BCUT2D eigenvalue weighted by atomic mass is 9.90. The highest BCUT2D eigenvalue weighted by Crippen LogP contribution is 2.28. The van der Waals surface area contributed by atoms with Crippen LogP contribution in [0, 0.1) is 6.92 Å². The van der Waals surface area contributed by atoms with Crippen molar-refractivity contribution < 1.29 is 0 Å². The fourth-order valence-electron chi connectivity index (χ4n) is 2.50. The minimum Gasteiger partial charge on any atom is -0.320 e. The van der Waals surface area contributed by atoms with E-state index in [0.29, 0.717) is 0 Å². The van der Waals surface area contributed by atoms with Gasteiger partial charge < -0.3 is 5.73 Å². The number of nitrogens with two attached hydrogens (primary N) is 1. The van der Waals surface area contributed by atoms with Gasteiger partial charge in [0.15, 0.2) is 0 Å². The Morgan fingerprint density at radius 2 is 2.06 bits per heavy atom. The number of nitrogens with zero attached hydrogens (tertiary/aromatic N) is 1. The molecule has 1 unspecified atom stereocenters. The Balaban J connectivity index is 2.18. The summed E-state index contributed by atoms with van der Waals surface area (Å²) in [4.78, 5) is 4.20. The third-order valence-corrected chi connectivity index (χ3v) is 3.64. The second kappa shape index (κ2) is 5.97. The van der Waals surface area contributed by atoms with E-state index in [9.17, 15) is 0 Å². The minimum absolute atomic E-state index is 0.0433. The summed E-state index contributed by atoms with van der Waals surface area (Å²) in [7, 11) is 0. The molecule has 2 rings (SSSR count). The molecule has 0 spiro atoms. The Morgan fingerprint density at radius 3 is 2.88 bits per heavy atom. The lowest BCUT2D eigenvalue weighted by molar-refractivity contribution is 0.601. The van der Waals surface area contributed by atoms with Crippen LogP contribution in [0.1, 0.15) is 55.7 Å². The van der Waals surface area contributed by atoms with Crippen LogP contribution in [-0.4, -0.2) is 4.98 Å². The number of pyridine rings is 1. The molecular weight excluding hydrogens is 208 g/mol. The fourth-order valence-corrected chi connectivity index (χ4v) is 2.50. The second-order valence-corrected chi connectivity index (χ2v) is 4.94. The van der Waals surface area contributed by atoms with Crippen LogP contribution in [0.2, 0.25) is 0 Å². The van der Waals surface area contributed by atoms with Gasteiger partial charge in [-0.1, -0.05) is 24.5 Å². The molecule has 1 heterocycles. The summed E-state index contributed by atoms with van der Waals surface area (Å²) >= 11 is 0. The zero-order valence-corrected chi connectivity index (χ0v) is 10.7. The minimum atomic E-state index is 0.0433. The molecule has 0 saturated carbocycles. The molecule has 2 N–H and O–H groups in total. The first kappa shape index (κ1) is 12.3. The summed E-state index contributed by atoms with van der Waals surface area (Å²) in [5, 5.41) is 0. The molecule has 0 aliphatic heterocycles. The van der Waals surface area contributed by atoms with E-state index in [-0.39, 0.29) is 6.04 Å². The van der Waals surface area contributed by atoms with E-state index in [0.717, 1.165) is 6.42 Å². The summed E-state index contributed by atoms with van der Waals surface area (Å²) in [5.74, 6) is 0. The van der Waals surface area contributed by atoms with E-state index in [4.69, 9.17) is 5.73 Å². The smallest absolute Gasteiger partial charge is 0.0528 e. The van der Waals surface area contributed by atoms with Crippen LogP contribution in [0.25, 0.3) is 0 Å². The molecule has 1 aromatic heterocycles. The number of hydrogen-bond acceptors (Lipinski definition) is 2. The SMILES string of the molecule is Cc1ccncc1C(N)/C1=C/CCCCCC1. The quantitative estimate of drug-likeness (QED) is 0.787. The van der Waals surface area contributed by atoms with Gasteiger partial charge in [0.05, 0.1) is 6.04 Å². The Morgan fingerprint density at radius 1 is 1.24 bits per heavy atom. The van der Waals surface area contributed by atoms with Crippen LogP contribution in [0.3, 0.4) is 0 Å². The van der Waals surface area contributed by atoms with Gasteiger partial charge in [0, 0.05) is 12.4 Å². The number of hydrogen-bond donors (Lipinski definition) is 1. The molecule has 2 nitrogen and oxygen atoms in total. The van der Waals surface area contributed by atoms with Crippen molar-refractivity contribution in [2.45, 2.75) is 51.5 Å². The molecule has 0 aromatic carbocycles. The van der Waals surface area contributed by atoms with Crippen molar-refractivity contribution in [2.24, 2.45) is 5.73 Å². The van der Waals surface area contributed by atoms with Crippen molar-refractivity contribution in [3.8, 4) is 0 Å². The molecule has 0 bridgehead atoms. The molecular formula is C15H22N2. The van der Waals surface area contributed by atoms with Crippen LogP contribution in [0.15, 0.2) is 30.1 Å². The number of allylic oxidation sites excluding steroid dienone is 1. The van der Waals surface area contributed by atoms with Crippen molar-refractivity contribution in [3.05, 3.63) is 41.2 Å². The van der Waals surface area contributed by atoms with E-state index in [1.165, 1.54) is 48.8 Å². The van der Waals surface area contributed by atoms with Crippen molar-refractivity contribution >= 4 is 0 Å². The predicted octanol–water partition coefficient (Wildman–Crippen LogP) is 3.67. The summed E-state index contributed by atoms with van der Waals surface area (Å²) in [6.45, 7) is 2.11. The molecule has 1 atom stereocenters. The lowest BCUT2D eigenvalue weighted by Gasteiger charge is -2.20. The second-order valence-electron chi connectivity index (χ2n) is 4.94. The van der Waals surface area contributed by atoms with Gasteiger partial charge in [-0.05, 0) is 49.8 Å². The summed E-state index contributed by atoms with van der Waals surface area (Å²) < 4.78 is 0. The van der Waals surface area contributed by atoms with Crippen LogP contribution in [0.5, 0.6) is 0 Å². The van der Waals surface area contributed by atoms with Crippen LogP contribution in [-0.2, 0) is 0 Å². The summed E-state index contributed by atoms with van der Waals surface area (Å²) in [6, 6.07) is 2.08. The number of aryl methyl sites for hydroxylation is 1. The molecule has 0 amide bonds. The van der Waals surface area contributed by atoms with Gasteiger partial charge in [-0.3, -0.25) is 4.98 Å². The Kier molecular flexibility index (Phi) is 4.32. The third-order valence-electron chi connectivity index (χ3n) is 3.64. The van der Waals surface area contributed by atoms with E-state index >= 15 is 0 Å². The largest absolute Gasteiger partial charge is 0.320 e. The highest BCUT2D eigenvalue weighted by Gasteiger charge is 2.14. The highest BCUT2D eigenvalue weighted by atomic mass is 14.7. The maximum Gasteiger partial charge on any atom is 0.0528 e. The molecule has 1 aliphatic rings. The first-order valence-electron chi connectivity index (χ1n) is 6.64. The average Bonchev–Trinajstić information content (AvgIpc) is 2.28. The first-order chi connectivity index (χ1) is 8.29. The van der Waals surface area contributed by atoms with Crippen LogP contribution < -0.4 is 5.73 Å². The summed E-state index contributed by atoms with van der Waals surface area (Å²) in [5.41, 5.74) is 10.2. The fraction of sp³-hybridized carbons (Fsp3) is 0.533. The monoisotopic (exact) mass is 230 g/mol. The molecule has 0 radical (unpaired) electrons. The van der Waals surface area contributed by atoms with Gasteiger partial charge in [0.1, 0.15) is 0 Å².